The molecule has 1 aliphatic rings. The Hall–Kier alpha value is -1.81. The summed E-state index contributed by atoms with van der Waals surface area (Å²) in [4.78, 5) is 8.55. The number of aryl methyl sites for hydroxylation is 1. The highest BCUT2D eigenvalue weighted by Gasteiger charge is 2.29. The zero-order valence-electron chi connectivity index (χ0n) is 11.5. The third-order valence-corrected chi connectivity index (χ3v) is 3.86. The van der Waals surface area contributed by atoms with Crippen molar-refractivity contribution in [3.8, 4) is 0 Å². The Morgan fingerprint density at radius 3 is 2.80 bits per heavy atom. The number of rotatable bonds is 4. The van der Waals surface area contributed by atoms with Crippen LogP contribution >= 0.6 is 0 Å². The minimum Gasteiger partial charge on any atom is -0.308 e. The van der Waals surface area contributed by atoms with Gasteiger partial charge in [0.05, 0.1) is 11.4 Å². The van der Waals surface area contributed by atoms with E-state index in [1.807, 2.05) is 19.2 Å². The van der Waals surface area contributed by atoms with Crippen molar-refractivity contribution < 1.29 is 4.39 Å². The lowest BCUT2D eigenvalue weighted by Gasteiger charge is -2.36. The summed E-state index contributed by atoms with van der Waals surface area (Å²) < 4.78 is 13.2. The van der Waals surface area contributed by atoms with Crippen LogP contribution in [0.3, 0.4) is 0 Å². The van der Waals surface area contributed by atoms with E-state index in [0.717, 1.165) is 36.3 Å². The second-order valence-electron chi connectivity index (χ2n) is 5.45. The predicted octanol–water partition coefficient (Wildman–Crippen LogP) is 2.96. The van der Waals surface area contributed by atoms with Crippen LogP contribution < -0.4 is 5.32 Å². The van der Waals surface area contributed by atoms with Crippen molar-refractivity contribution in [3.05, 3.63) is 59.4 Å². The van der Waals surface area contributed by atoms with Gasteiger partial charge in [0.2, 0.25) is 0 Å². The third kappa shape index (κ3) is 3.02. The second kappa shape index (κ2) is 5.67. The molecule has 0 atom stereocenters. The fraction of sp³-hybridized carbons (Fsp3) is 0.375. The van der Waals surface area contributed by atoms with Gasteiger partial charge in [-0.05, 0) is 43.4 Å². The van der Waals surface area contributed by atoms with Crippen molar-refractivity contribution in [1.82, 2.24) is 15.3 Å². The summed E-state index contributed by atoms with van der Waals surface area (Å²) in [6, 6.07) is 7.43. The van der Waals surface area contributed by atoms with Crippen LogP contribution in [0.1, 0.15) is 35.7 Å². The SMILES string of the molecule is Cc1cnc(CNC2CC(c3cccc(F)c3)C2)cn1. The van der Waals surface area contributed by atoms with Gasteiger partial charge in [0, 0.05) is 25.0 Å². The van der Waals surface area contributed by atoms with Gasteiger partial charge in [0.1, 0.15) is 5.82 Å². The van der Waals surface area contributed by atoms with E-state index in [-0.39, 0.29) is 5.82 Å². The number of aromatic nitrogens is 2. The number of benzene rings is 1. The molecule has 1 N–H and O–H groups in total. The molecule has 0 amide bonds. The normalized spacial score (nSPS) is 21.5. The summed E-state index contributed by atoms with van der Waals surface area (Å²) in [5.41, 5.74) is 3.01. The maximum atomic E-state index is 13.2. The first-order chi connectivity index (χ1) is 9.70. The molecule has 104 valence electrons. The molecule has 3 rings (SSSR count). The summed E-state index contributed by atoms with van der Waals surface area (Å²) in [5.74, 6) is 0.334. The van der Waals surface area contributed by atoms with Crippen LogP contribution in [-0.2, 0) is 6.54 Å². The molecule has 2 aromatic rings. The molecule has 1 aromatic carbocycles. The van der Waals surface area contributed by atoms with E-state index in [1.165, 1.54) is 6.07 Å². The molecule has 0 radical (unpaired) electrons. The number of hydrogen-bond donors (Lipinski definition) is 1. The number of nitrogens with one attached hydrogen (secondary N) is 1. The lowest BCUT2D eigenvalue weighted by Crippen LogP contribution is -2.39. The molecule has 0 aliphatic heterocycles. The van der Waals surface area contributed by atoms with E-state index >= 15 is 0 Å². The van der Waals surface area contributed by atoms with Gasteiger partial charge in [-0.25, -0.2) is 4.39 Å². The van der Waals surface area contributed by atoms with E-state index in [4.69, 9.17) is 0 Å². The van der Waals surface area contributed by atoms with E-state index in [2.05, 4.69) is 15.3 Å². The van der Waals surface area contributed by atoms with Gasteiger partial charge in [0.15, 0.2) is 0 Å². The average Bonchev–Trinajstić information content (AvgIpc) is 2.39. The molecule has 1 heterocycles. The Labute approximate surface area is 118 Å². The maximum absolute atomic E-state index is 13.2. The zero-order chi connectivity index (χ0) is 13.9. The second-order valence-corrected chi connectivity index (χ2v) is 5.45. The molecule has 20 heavy (non-hydrogen) atoms. The highest BCUT2D eigenvalue weighted by molar-refractivity contribution is 5.23. The Kier molecular flexibility index (Phi) is 3.74. The van der Waals surface area contributed by atoms with Gasteiger partial charge >= 0.3 is 0 Å². The molecule has 0 unspecified atom stereocenters. The van der Waals surface area contributed by atoms with Crippen molar-refractivity contribution in [1.29, 1.82) is 0 Å². The summed E-state index contributed by atoms with van der Waals surface area (Å²) in [6.45, 7) is 2.67. The molecular weight excluding hydrogens is 253 g/mol. The molecule has 1 aliphatic carbocycles. The number of hydrogen-bond acceptors (Lipinski definition) is 3. The van der Waals surface area contributed by atoms with Crippen LogP contribution in [0.2, 0.25) is 0 Å². The van der Waals surface area contributed by atoms with E-state index in [9.17, 15) is 4.39 Å². The number of nitrogens with zero attached hydrogens (tertiary/aromatic N) is 2. The van der Waals surface area contributed by atoms with Crippen LogP contribution in [-0.4, -0.2) is 16.0 Å². The lowest BCUT2D eigenvalue weighted by atomic mass is 9.76. The highest BCUT2D eigenvalue weighted by Crippen LogP contribution is 2.37. The Morgan fingerprint density at radius 1 is 1.25 bits per heavy atom. The lowest BCUT2D eigenvalue weighted by molar-refractivity contribution is 0.288. The summed E-state index contributed by atoms with van der Waals surface area (Å²) in [7, 11) is 0. The van der Waals surface area contributed by atoms with Gasteiger partial charge in [-0.2, -0.15) is 0 Å². The fourth-order valence-corrected chi connectivity index (χ4v) is 2.58. The smallest absolute Gasteiger partial charge is 0.123 e. The van der Waals surface area contributed by atoms with Crippen molar-refractivity contribution in [2.45, 2.75) is 38.3 Å². The fourth-order valence-electron chi connectivity index (χ4n) is 2.58. The first-order valence-corrected chi connectivity index (χ1v) is 6.97. The molecule has 0 saturated heterocycles. The maximum Gasteiger partial charge on any atom is 0.123 e. The van der Waals surface area contributed by atoms with Crippen LogP contribution in [0, 0.1) is 12.7 Å². The third-order valence-electron chi connectivity index (χ3n) is 3.86. The van der Waals surface area contributed by atoms with Crippen molar-refractivity contribution >= 4 is 0 Å². The molecule has 1 fully saturated rings. The molecule has 0 spiro atoms. The average molecular weight is 271 g/mol. The summed E-state index contributed by atoms with van der Waals surface area (Å²) >= 11 is 0. The van der Waals surface area contributed by atoms with Crippen LogP contribution in [0.5, 0.6) is 0 Å². The summed E-state index contributed by atoms with van der Waals surface area (Å²) in [6.07, 6.45) is 5.71. The topological polar surface area (TPSA) is 37.8 Å². The van der Waals surface area contributed by atoms with Crippen molar-refractivity contribution in [3.63, 3.8) is 0 Å². The zero-order valence-corrected chi connectivity index (χ0v) is 11.5. The first-order valence-electron chi connectivity index (χ1n) is 6.97. The standard InChI is InChI=1S/C16H18FN3/c1-11-8-19-16(9-18-11)10-20-15-6-13(7-15)12-3-2-4-14(17)5-12/h2-5,8-9,13,15,20H,6-7,10H2,1H3. The molecular formula is C16H18FN3. The van der Waals surface area contributed by atoms with Gasteiger partial charge in [-0.1, -0.05) is 12.1 Å². The van der Waals surface area contributed by atoms with Crippen LogP contribution in [0.25, 0.3) is 0 Å². The minimum atomic E-state index is -0.145. The minimum absolute atomic E-state index is 0.145. The van der Waals surface area contributed by atoms with Crippen LogP contribution in [0.15, 0.2) is 36.7 Å². The molecule has 1 aromatic heterocycles. The van der Waals surface area contributed by atoms with E-state index in [0.29, 0.717) is 12.0 Å². The molecule has 1 saturated carbocycles. The monoisotopic (exact) mass is 271 g/mol. The Morgan fingerprint density at radius 2 is 2.10 bits per heavy atom. The quantitative estimate of drug-likeness (QED) is 0.929. The highest BCUT2D eigenvalue weighted by atomic mass is 19.1. The predicted molar refractivity (Wildman–Crippen MR) is 75.8 cm³/mol. The van der Waals surface area contributed by atoms with E-state index in [1.54, 1.807) is 18.3 Å². The molecule has 0 bridgehead atoms. The largest absolute Gasteiger partial charge is 0.308 e. The van der Waals surface area contributed by atoms with Crippen molar-refractivity contribution in [2.75, 3.05) is 0 Å². The number of halogens is 1. The van der Waals surface area contributed by atoms with Crippen molar-refractivity contribution in [2.24, 2.45) is 0 Å². The van der Waals surface area contributed by atoms with Crippen LogP contribution in [0.4, 0.5) is 4.39 Å². The summed E-state index contributed by atoms with van der Waals surface area (Å²) in [5, 5.41) is 3.47. The Bertz CT molecular complexity index is 577. The van der Waals surface area contributed by atoms with Gasteiger partial charge in [0.25, 0.3) is 0 Å². The van der Waals surface area contributed by atoms with Gasteiger partial charge in [-0.15, -0.1) is 0 Å². The van der Waals surface area contributed by atoms with E-state index < -0.39 is 0 Å². The van der Waals surface area contributed by atoms with Gasteiger partial charge < -0.3 is 5.32 Å². The Balaban J connectivity index is 1.48. The molecule has 3 nitrogen and oxygen atoms in total. The first kappa shape index (κ1) is 13.2. The van der Waals surface area contributed by atoms with Gasteiger partial charge in [-0.3, -0.25) is 9.97 Å². The molecule has 4 heteroatoms.